The Balaban J connectivity index is 1.21. The fourth-order valence-electron chi connectivity index (χ4n) is 5.08. The third-order valence-electron chi connectivity index (χ3n) is 7.58. The largest absolute Gasteiger partial charge is 0.493 e. The summed E-state index contributed by atoms with van der Waals surface area (Å²) >= 11 is 0. The van der Waals surface area contributed by atoms with Gasteiger partial charge in [0.25, 0.3) is 0 Å². The summed E-state index contributed by atoms with van der Waals surface area (Å²) in [6, 6.07) is 9.13. The number of aromatic nitrogens is 2. The molecule has 0 bridgehead atoms. The van der Waals surface area contributed by atoms with Crippen LogP contribution in [-0.2, 0) is 0 Å². The van der Waals surface area contributed by atoms with Crippen molar-refractivity contribution in [2.45, 2.75) is 64.5 Å². The molecule has 4 rings (SSSR count). The molecule has 2 aliphatic rings. The van der Waals surface area contributed by atoms with E-state index in [0.29, 0.717) is 18.5 Å². The molecule has 2 atom stereocenters. The number of piperidine rings is 1. The number of anilines is 1. The van der Waals surface area contributed by atoms with E-state index in [9.17, 15) is 5.11 Å². The lowest BCUT2D eigenvalue weighted by atomic mass is 9.85. The maximum Gasteiger partial charge on any atom is 0.324 e. The summed E-state index contributed by atoms with van der Waals surface area (Å²) in [7, 11) is 1.98. The number of aliphatic hydroxyl groups is 1. The van der Waals surface area contributed by atoms with Crippen molar-refractivity contribution in [3.63, 3.8) is 0 Å². The standard InChI is InChI=1S/C28H43N5O3/c1-20(2)26-30-28(36-31-26)33-17-13-21(14-18-33)19-35-25-11-9-23(10-12-25)22-5-7-24(8-6-22)27(34)32(3)16-4-15-29/h5,9-12,20-21,24,27,34H,4,6-8,13-19,29H2,1-3H3. The zero-order valence-electron chi connectivity index (χ0n) is 22.1. The lowest BCUT2D eigenvalue weighted by Crippen LogP contribution is -2.39. The Bertz CT molecular complexity index is 966. The summed E-state index contributed by atoms with van der Waals surface area (Å²) in [5.41, 5.74) is 8.22. The van der Waals surface area contributed by atoms with Crippen LogP contribution in [0.25, 0.3) is 5.57 Å². The van der Waals surface area contributed by atoms with Crippen LogP contribution in [0.1, 0.15) is 69.7 Å². The SMILES string of the molecule is CC(C)c1noc(N2CCC(COc3ccc(C4=CCC(C(O)N(C)CCCN)CC4)cc3)CC2)n1. The molecule has 1 aliphatic heterocycles. The molecule has 3 N–H and O–H groups in total. The fraction of sp³-hybridized carbons (Fsp3) is 0.643. The predicted octanol–water partition coefficient (Wildman–Crippen LogP) is 4.27. The predicted molar refractivity (Wildman–Crippen MR) is 143 cm³/mol. The maximum absolute atomic E-state index is 10.6. The minimum Gasteiger partial charge on any atom is -0.493 e. The van der Waals surface area contributed by atoms with Crippen molar-refractivity contribution in [2.24, 2.45) is 17.6 Å². The third kappa shape index (κ3) is 6.87. The van der Waals surface area contributed by atoms with Gasteiger partial charge in [0.1, 0.15) is 12.0 Å². The van der Waals surface area contributed by atoms with Gasteiger partial charge in [-0.15, -0.1) is 0 Å². The number of nitrogens with zero attached hydrogens (tertiary/aromatic N) is 4. The Morgan fingerprint density at radius 2 is 1.94 bits per heavy atom. The number of aliphatic hydroxyl groups excluding tert-OH is 1. The number of nitrogens with two attached hydrogens (primary N) is 1. The molecule has 8 nitrogen and oxygen atoms in total. The summed E-state index contributed by atoms with van der Waals surface area (Å²) in [6.07, 6.45) is 7.81. The minimum atomic E-state index is -0.401. The summed E-state index contributed by atoms with van der Waals surface area (Å²) in [5, 5.41) is 14.7. The highest BCUT2D eigenvalue weighted by molar-refractivity contribution is 5.66. The average Bonchev–Trinajstić information content (AvgIpc) is 3.42. The van der Waals surface area contributed by atoms with Gasteiger partial charge in [-0.3, -0.25) is 4.90 Å². The smallest absolute Gasteiger partial charge is 0.324 e. The maximum atomic E-state index is 10.6. The molecule has 0 saturated carbocycles. The first kappa shape index (κ1) is 26.6. The van der Waals surface area contributed by atoms with Gasteiger partial charge in [0.15, 0.2) is 5.82 Å². The second kappa shape index (κ2) is 12.7. The van der Waals surface area contributed by atoms with Crippen molar-refractivity contribution >= 4 is 11.6 Å². The highest BCUT2D eigenvalue weighted by Gasteiger charge is 2.26. The molecule has 0 spiro atoms. The van der Waals surface area contributed by atoms with Crippen LogP contribution in [0.2, 0.25) is 0 Å². The second-order valence-corrected chi connectivity index (χ2v) is 10.7. The Kier molecular flexibility index (Phi) is 9.40. The van der Waals surface area contributed by atoms with Crippen LogP contribution in [0.5, 0.6) is 5.75 Å². The molecule has 36 heavy (non-hydrogen) atoms. The van der Waals surface area contributed by atoms with E-state index in [1.165, 1.54) is 11.1 Å². The van der Waals surface area contributed by atoms with Gasteiger partial charge in [-0.1, -0.05) is 37.2 Å². The van der Waals surface area contributed by atoms with E-state index in [4.69, 9.17) is 15.0 Å². The lowest BCUT2D eigenvalue weighted by molar-refractivity contribution is -0.0273. The average molecular weight is 498 g/mol. The van der Waals surface area contributed by atoms with Crippen LogP contribution in [0.3, 0.4) is 0 Å². The van der Waals surface area contributed by atoms with Gasteiger partial charge in [-0.05, 0) is 81.3 Å². The van der Waals surface area contributed by atoms with E-state index in [1.54, 1.807) is 0 Å². The molecule has 0 amide bonds. The molecule has 8 heteroatoms. The van der Waals surface area contributed by atoms with E-state index in [-0.39, 0.29) is 11.8 Å². The first-order valence-corrected chi connectivity index (χ1v) is 13.5. The molecule has 2 aromatic rings. The molecule has 1 aromatic carbocycles. The quantitative estimate of drug-likeness (QED) is 0.444. The van der Waals surface area contributed by atoms with Gasteiger partial charge in [0, 0.05) is 31.5 Å². The van der Waals surface area contributed by atoms with Crippen molar-refractivity contribution in [2.75, 3.05) is 44.7 Å². The van der Waals surface area contributed by atoms with Crippen molar-refractivity contribution in [3.8, 4) is 5.75 Å². The highest BCUT2D eigenvalue weighted by Crippen LogP contribution is 2.33. The number of hydrogen-bond donors (Lipinski definition) is 2. The van der Waals surface area contributed by atoms with Crippen molar-refractivity contribution < 1.29 is 14.4 Å². The second-order valence-electron chi connectivity index (χ2n) is 10.7. The van der Waals surface area contributed by atoms with Gasteiger partial charge < -0.3 is 25.0 Å². The van der Waals surface area contributed by atoms with Crippen molar-refractivity contribution in [1.82, 2.24) is 15.0 Å². The molecular weight excluding hydrogens is 454 g/mol. The number of ether oxygens (including phenoxy) is 1. The Morgan fingerprint density at radius 3 is 2.56 bits per heavy atom. The first-order valence-electron chi connectivity index (χ1n) is 13.5. The summed E-state index contributed by atoms with van der Waals surface area (Å²) in [5.74, 6) is 2.78. The van der Waals surface area contributed by atoms with Crippen LogP contribution >= 0.6 is 0 Å². The molecule has 1 saturated heterocycles. The molecule has 1 aliphatic carbocycles. The number of rotatable bonds is 11. The third-order valence-corrected chi connectivity index (χ3v) is 7.58. The van der Waals surface area contributed by atoms with Crippen molar-refractivity contribution in [3.05, 3.63) is 41.7 Å². The lowest BCUT2D eigenvalue weighted by Gasteiger charge is -2.32. The zero-order chi connectivity index (χ0) is 25.5. The highest BCUT2D eigenvalue weighted by atomic mass is 16.5. The van der Waals surface area contributed by atoms with Gasteiger partial charge in [-0.2, -0.15) is 4.98 Å². The number of allylic oxidation sites excluding steroid dienone is 2. The van der Waals surface area contributed by atoms with Gasteiger partial charge >= 0.3 is 6.01 Å². The van der Waals surface area contributed by atoms with E-state index in [1.807, 2.05) is 11.9 Å². The Hall–Kier alpha value is -2.42. The van der Waals surface area contributed by atoms with Gasteiger partial charge in [0.2, 0.25) is 0 Å². The molecular formula is C28H43N5O3. The first-order chi connectivity index (χ1) is 17.4. The normalized spacial score (nSPS) is 20.1. The molecule has 198 valence electrons. The topological polar surface area (TPSA) is 101 Å². The molecule has 0 radical (unpaired) electrons. The monoisotopic (exact) mass is 497 g/mol. The van der Waals surface area contributed by atoms with Crippen LogP contribution < -0.4 is 15.4 Å². The minimum absolute atomic E-state index is 0.276. The summed E-state index contributed by atoms with van der Waals surface area (Å²) < 4.78 is 11.6. The molecule has 1 fully saturated rings. The van der Waals surface area contributed by atoms with Crippen LogP contribution in [0.15, 0.2) is 34.9 Å². The van der Waals surface area contributed by atoms with Crippen molar-refractivity contribution in [1.29, 1.82) is 0 Å². The van der Waals surface area contributed by atoms with Gasteiger partial charge in [0.05, 0.1) is 6.61 Å². The Morgan fingerprint density at radius 1 is 1.19 bits per heavy atom. The van der Waals surface area contributed by atoms with E-state index in [0.717, 1.165) is 76.3 Å². The number of hydrogen-bond acceptors (Lipinski definition) is 8. The fourth-order valence-corrected chi connectivity index (χ4v) is 5.08. The van der Waals surface area contributed by atoms with E-state index in [2.05, 4.69) is 59.2 Å². The van der Waals surface area contributed by atoms with E-state index < -0.39 is 6.23 Å². The molecule has 2 unspecified atom stereocenters. The molecule has 1 aromatic heterocycles. The Labute approximate surface area is 215 Å². The molecule has 2 heterocycles. The van der Waals surface area contributed by atoms with Crippen LogP contribution in [0, 0.1) is 11.8 Å². The van der Waals surface area contributed by atoms with Crippen LogP contribution in [-0.4, -0.2) is 66.2 Å². The van der Waals surface area contributed by atoms with E-state index >= 15 is 0 Å². The summed E-state index contributed by atoms with van der Waals surface area (Å²) in [6.45, 7) is 8.20. The zero-order valence-corrected chi connectivity index (χ0v) is 22.1. The van der Waals surface area contributed by atoms with Crippen LogP contribution in [0.4, 0.5) is 6.01 Å². The van der Waals surface area contributed by atoms with Gasteiger partial charge in [-0.25, -0.2) is 0 Å². The number of benzene rings is 1. The summed E-state index contributed by atoms with van der Waals surface area (Å²) in [4.78, 5) is 8.74.